The molecule has 0 aliphatic carbocycles. The number of aromatic carboxylic acids is 1. The predicted octanol–water partition coefficient (Wildman–Crippen LogP) is 1.57. The Morgan fingerprint density at radius 2 is 1.95 bits per heavy atom. The van der Waals surface area contributed by atoms with Gasteiger partial charge in [-0.1, -0.05) is 0 Å². The maximum Gasteiger partial charge on any atom is 0.338 e. The minimum Gasteiger partial charge on any atom is -0.478 e. The molecule has 1 amide bonds. The van der Waals surface area contributed by atoms with E-state index < -0.39 is 10.9 Å². The minimum absolute atomic E-state index is 0.0697. The third-order valence-electron chi connectivity index (χ3n) is 2.99. The molecule has 8 nitrogen and oxygen atoms in total. The van der Waals surface area contributed by atoms with Gasteiger partial charge in [-0.15, -0.1) is 0 Å². The summed E-state index contributed by atoms with van der Waals surface area (Å²) in [5.74, 6) is -1.47. The van der Waals surface area contributed by atoms with Crippen LogP contribution in [0.3, 0.4) is 0 Å². The van der Waals surface area contributed by atoms with Crippen LogP contribution in [-0.2, 0) is 4.79 Å². The van der Waals surface area contributed by atoms with Gasteiger partial charge in [-0.3, -0.25) is 14.9 Å². The first-order chi connectivity index (χ1) is 9.90. The summed E-state index contributed by atoms with van der Waals surface area (Å²) in [5.41, 5.74) is -0.377. The zero-order valence-electron chi connectivity index (χ0n) is 11.8. The number of nitrogens with zero attached hydrogens (tertiary/aromatic N) is 2. The summed E-state index contributed by atoms with van der Waals surface area (Å²) in [6.45, 7) is 4.73. The number of anilines is 1. The average molecular weight is 295 g/mol. The van der Waals surface area contributed by atoms with Crippen LogP contribution in [0.5, 0.6) is 0 Å². The molecule has 2 N–H and O–H groups in total. The molecule has 0 heterocycles. The average Bonchev–Trinajstić information content (AvgIpc) is 2.45. The lowest BCUT2D eigenvalue weighted by Crippen LogP contribution is -2.35. The number of carboxylic acid groups (broad SMARTS) is 1. The molecule has 0 atom stereocenters. The Bertz CT molecular complexity index is 555. The molecule has 1 aromatic rings. The molecule has 0 fully saturated rings. The number of hydrogen-bond acceptors (Lipinski definition) is 5. The fourth-order valence-corrected chi connectivity index (χ4v) is 1.84. The van der Waals surface area contributed by atoms with Gasteiger partial charge in [0.05, 0.1) is 17.0 Å². The lowest BCUT2D eigenvalue weighted by molar-refractivity contribution is -0.384. The smallest absolute Gasteiger partial charge is 0.338 e. The van der Waals surface area contributed by atoms with E-state index in [2.05, 4.69) is 5.32 Å². The van der Waals surface area contributed by atoms with Gasteiger partial charge in [0.15, 0.2) is 0 Å². The van der Waals surface area contributed by atoms with Gasteiger partial charge in [-0.25, -0.2) is 4.79 Å². The van der Waals surface area contributed by atoms with Crippen LogP contribution in [0.25, 0.3) is 0 Å². The van der Waals surface area contributed by atoms with E-state index in [0.717, 1.165) is 6.07 Å². The lowest BCUT2D eigenvalue weighted by Gasteiger charge is -2.19. The molecule has 21 heavy (non-hydrogen) atoms. The topological polar surface area (TPSA) is 113 Å². The van der Waals surface area contributed by atoms with Gasteiger partial charge >= 0.3 is 5.97 Å². The highest BCUT2D eigenvalue weighted by atomic mass is 16.6. The predicted molar refractivity (Wildman–Crippen MR) is 76.5 cm³/mol. The van der Waals surface area contributed by atoms with Crippen LogP contribution < -0.4 is 5.32 Å². The summed E-state index contributed by atoms with van der Waals surface area (Å²) in [4.78, 5) is 34.6. The highest BCUT2D eigenvalue weighted by Crippen LogP contribution is 2.22. The molecule has 0 unspecified atom stereocenters. The lowest BCUT2D eigenvalue weighted by atomic mass is 10.1. The fraction of sp³-hybridized carbons (Fsp3) is 0.385. The number of carbonyl (C=O) groups is 2. The third kappa shape index (κ3) is 4.16. The van der Waals surface area contributed by atoms with E-state index in [4.69, 9.17) is 5.11 Å². The standard InChI is InChI=1S/C13H17N3O5/c1-3-15(4-2)12(17)8-14-11-6-5-9(16(20)21)7-10(11)13(18)19/h5-7,14H,3-4,8H2,1-2H3,(H,18,19). The molecule has 114 valence electrons. The minimum atomic E-state index is -1.29. The van der Waals surface area contributed by atoms with E-state index in [9.17, 15) is 19.7 Å². The molecule has 0 saturated heterocycles. The summed E-state index contributed by atoms with van der Waals surface area (Å²) in [6, 6.07) is 3.44. The molecule has 0 bridgehead atoms. The number of carboxylic acids is 1. The Morgan fingerprint density at radius 1 is 1.33 bits per heavy atom. The molecule has 0 spiro atoms. The van der Waals surface area contributed by atoms with Crippen molar-refractivity contribution < 1.29 is 19.6 Å². The fourth-order valence-electron chi connectivity index (χ4n) is 1.84. The van der Waals surface area contributed by atoms with Crippen LogP contribution in [-0.4, -0.2) is 46.4 Å². The number of nitrogens with one attached hydrogen (secondary N) is 1. The molecular weight excluding hydrogens is 278 g/mol. The van der Waals surface area contributed by atoms with Crippen LogP contribution in [0.1, 0.15) is 24.2 Å². The normalized spacial score (nSPS) is 10.0. The first-order valence-electron chi connectivity index (χ1n) is 6.44. The Balaban J connectivity index is 2.91. The van der Waals surface area contributed by atoms with E-state index in [1.165, 1.54) is 12.1 Å². The second-order valence-electron chi connectivity index (χ2n) is 4.21. The van der Waals surface area contributed by atoms with Crippen LogP contribution >= 0.6 is 0 Å². The van der Waals surface area contributed by atoms with Gasteiger partial charge in [-0.2, -0.15) is 0 Å². The van der Waals surface area contributed by atoms with Gasteiger partial charge in [0.25, 0.3) is 5.69 Å². The molecule has 0 aliphatic rings. The Labute approximate surface area is 121 Å². The van der Waals surface area contributed by atoms with Crippen LogP contribution in [0.15, 0.2) is 18.2 Å². The Hall–Kier alpha value is -2.64. The second kappa shape index (κ2) is 7.22. The number of amides is 1. The van der Waals surface area contributed by atoms with Crippen molar-refractivity contribution in [2.24, 2.45) is 0 Å². The third-order valence-corrected chi connectivity index (χ3v) is 2.99. The molecule has 0 saturated carbocycles. The van der Waals surface area contributed by atoms with Crippen molar-refractivity contribution in [1.82, 2.24) is 4.90 Å². The maximum atomic E-state index is 11.8. The summed E-state index contributed by atoms with van der Waals surface area (Å²) >= 11 is 0. The molecule has 8 heteroatoms. The quantitative estimate of drug-likeness (QED) is 0.583. The number of carbonyl (C=O) groups excluding carboxylic acids is 1. The number of non-ortho nitro benzene ring substituents is 1. The molecule has 0 aromatic heterocycles. The zero-order valence-corrected chi connectivity index (χ0v) is 11.8. The molecule has 1 rings (SSSR count). The van der Waals surface area contributed by atoms with Crippen LogP contribution in [0.2, 0.25) is 0 Å². The Kier molecular flexibility index (Phi) is 5.65. The van der Waals surface area contributed by atoms with Gasteiger partial charge in [0, 0.05) is 30.9 Å². The van der Waals surface area contributed by atoms with E-state index in [1.54, 1.807) is 4.90 Å². The van der Waals surface area contributed by atoms with Gasteiger partial charge in [0.2, 0.25) is 5.91 Å². The van der Waals surface area contributed by atoms with E-state index in [-0.39, 0.29) is 29.4 Å². The van der Waals surface area contributed by atoms with Gasteiger partial charge < -0.3 is 15.3 Å². The summed E-state index contributed by atoms with van der Waals surface area (Å²) in [5, 5.41) is 22.4. The molecule has 1 aromatic carbocycles. The van der Waals surface area contributed by atoms with Crippen LogP contribution in [0, 0.1) is 10.1 Å². The SMILES string of the molecule is CCN(CC)C(=O)CNc1ccc([N+](=O)[O-])cc1C(=O)O. The molecule has 0 aliphatic heterocycles. The van der Waals surface area contributed by atoms with Crippen LogP contribution in [0.4, 0.5) is 11.4 Å². The monoisotopic (exact) mass is 295 g/mol. The first kappa shape index (κ1) is 16.4. The first-order valence-corrected chi connectivity index (χ1v) is 6.44. The molecular formula is C13H17N3O5. The number of benzene rings is 1. The number of nitro groups is 1. The zero-order chi connectivity index (χ0) is 16.0. The number of likely N-dealkylation sites (N-methyl/N-ethyl adjacent to an activating group) is 1. The van der Waals surface area contributed by atoms with Crippen molar-refractivity contribution in [3.8, 4) is 0 Å². The largest absolute Gasteiger partial charge is 0.478 e. The highest BCUT2D eigenvalue weighted by molar-refractivity contribution is 5.95. The van der Waals surface area contributed by atoms with E-state index in [1.807, 2.05) is 13.8 Å². The van der Waals surface area contributed by atoms with Crippen molar-refractivity contribution in [2.45, 2.75) is 13.8 Å². The second-order valence-corrected chi connectivity index (χ2v) is 4.21. The molecule has 0 radical (unpaired) electrons. The van der Waals surface area contributed by atoms with E-state index >= 15 is 0 Å². The van der Waals surface area contributed by atoms with Crippen molar-refractivity contribution in [3.05, 3.63) is 33.9 Å². The number of nitro benzene ring substituents is 1. The highest BCUT2D eigenvalue weighted by Gasteiger charge is 2.17. The summed E-state index contributed by atoms with van der Waals surface area (Å²) < 4.78 is 0. The van der Waals surface area contributed by atoms with Crippen molar-refractivity contribution in [2.75, 3.05) is 25.0 Å². The van der Waals surface area contributed by atoms with Crippen molar-refractivity contribution in [3.63, 3.8) is 0 Å². The summed E-state index contributed by atoms with van der Waals surface area (Å²) in [7, 11) is 0. The van der Waals surface area contributed by atoms with E-state index in [0.29, 0.717) is 13.1 Å². The maximum absolute atomic E-state index is 11.8. The number of rotatable bonds is 7. The number of hydrogen-bond donors (Lipinski definition) is 2. The summed E-state index contributed by atoms with van der Waals surface area (Å²) in [6.07, 6.45) is 0. The van der Waals surface area contributed by atoms with Gasteiger partial charge in [-0.05, 0) is 19.9 Å². The Morgan fingerprint density at radius 3 is 2.43 bits per heavy atom. The van der Waals surface area contributed by atoms with Crippen molar-refractivity contribution in [1.29, 1.82) is 0 Å². The van der Waals surface area contributed by atoms with Crippen molar-refractivity contribution >= 4 is 23.3 Å². The van der Waals surface area contributed by atoms with Gasteiger partial charge in [0.1, 0.15) is 0 Å².